The Balaban J connectivity index is 1.66. The molecule has 0 atom stereocenters. The van der Waals surface area contributed by atoms with Crippen LogP contribution in [0.2, 0.25) is 0 Å². The van der Waals surface area contributed by atoms with Crippen LogP contribution < -0.4 is 11.1 Å². The average molecular weight is 478 g/mol. The van der Waals surface area contributed by atoms with Crippen LogP contribution in [-0.4, -0.2) is 37.6 Å². The van der Waals surface area contributed by atoms with Crippen molar-refractivity contribution in [3.63, 3.8) is 0 Å². The third-order valence-corrected chi connectivity index (χ3v) is 9.09. The number of sulfonamides is 1. The van der Waals surface area contributed by atoms with Gasteiger partial charge in [0.15, 0.2) is 0 Å². The van der Waals surface area contributed by atoms with E-state index in [0.29, 0.717) is 23.4 Å². The zero-order valence-corrected chi connectivity index (χ0v) is 20.8. The lowest BCUT2D eigenvalue weighted by molar-refractivity contribution is -0.120. The summed E-state index contributed by atoms with van der Waals surface area (Å²) >= 11 is 1.33. The van der Waals surface area contributed by atoms with E-state index in [1.807, 2.05) is 19.1 Å². The number of anilines is 1. The van der Waals surface area contributed by atoms with Crippen LogP contribution in [0.15, 0.2) is 29.2 Å². The highest BCUT2D eigenvalue weighted by Crippen LogP contribution is 2.33. The Labute approximate surface area is 194 Å². The van der Waals surface area contributed by atoms with E-state index < -0.39 is 15.9 Å². The molecule has 3 rings (SSSR count). The van der Waals surface area contributed by atoms with Crippen molar-refractivity contribution >= 4 is 38.2 Å². The minimum atomic E-state index is -3.61. The highest BCUT2D eigenvalue weighted by molar-refractivity contribution is 7.89. The molecule has 2 amide bonds. The Hall–Kier alpha value is -2.23. The highest BCUT2D eigenvalue weighted by atomic mass is 32.2. The molecule has 1 aliphatic rings. The summed E-state index contributed by atoms with van der Waals surface area (Å²) < 4.78 is 27.5. The van der Waals surface area contributed by atoms with Crippen molar-refractivity contribution < 1.29 is 18.0 Å². The maximum Gasteiger partial charge on any atom is 0.251 e. The summed E-state index contributed by atoms with van der Waals surface area (Å²) in [5.41, 5.74) is 7.62. The van der Waals surface area contributed by atoms with Gasteiger partial charge < -0.3 is 11.1 Å². The van der Waals surface area contributed by atoms with Crippen molar-refractivity contribution in [2.24, 2.45) is 11.7 Å². The van der Waals surface area contributed by atoms with Gasteiger partial charge in [0.2, 0.25) is 15.9 Å². The summed E-state index contributed by atoms with van der Waals surface area (Å²) in [6.45, 7) is 10.5. The fourth-order valence-electron chi connectivity index (χ4n) is 3.86. The van der Waals surface area contributed by atoms with E-state index in [1.165, 1.54) is 15.6 Å². The molecule has 1 fully saturated rings. The molecule has 174 valence electrons. The van der Waals surface area contributed by atoms with Crippen LogP contribution >= 0.6 is 11.3 Å². The van der Waals surface area contributed by atoms with Gasteiger partial charge in [-0.15, -0.1) is 11.3 Å². The van der Waals surface area contributed by atoms with E-state index in [1.54, 1.807) is 19.1 Å². The molecular formula is C23H31N3O4S2. The van der Waals surface area contributed by atoms with Crippen molar-refractivity contribution in [1.29, 1.82) is 0 Å². The maximum absolute atomic E-state index is 13.1. The van der Waals surface area contributed by atoms with Crippen molar-refractivity contribution in [1.82, 2.24) is 4.31 Å². The third-order valence-electron chi connectivity index (χ3n) is 6.05. The molecule has 2 aromatic rings. The molecule has 0 aliphatic carbocycles. The predicted molar refractivity (Wildman–Crippen MR) is 128 cm³/mol. The number of rotatable bonds is 5. The second kappa shape index (κ2) is 8.96. The smallest absolute Gasteiger partial charge is 0.251 e. The van der Waals surface area contributed by atoms with Gasteiger partial charge in [-0.05, 0) is 55.4 Å². The van der Waals surface area contributed by atoms with E-state index in [0.717, 1.165) is 16.0 Å². The van der Waals surface area contributed by atoms with Crippen LogP contribution in [0.1, 0.15) is 60.0 Å². The summed E-state index contributed by atoms with van der Waals surface area (Å²) in [5.74, 6) is -1.10. The molecular weight excluding hydrogens is 446 g/mol. The monoisotopic (exact) mass is 477 g/mol. The molecule has 2 heterocycles. The third kappa shape index (κ3) is 4.89. The van der Waals surface area contributed by atoms with Gasteiger partial charge in [-0.3, -0.25) is 9.59 Å². The molecule has 9 heteroatoms. The molecule has 0 unspecified atom stereocenters. The largest absolute Gasteiger partial charge is 0.365 e. The lowest BCUT2D eigenvalue weighted by Crippen LogP contribution is -2.41. The molecule has 3 N–H and O–H groups in total. The number of benzene rings is 1. The number of primary amides is 1. The second-order valence-electron chi connectivity index (χ2n) is 9.29. The normalized spacial score (nSPS) is 16.2. The van der Waals surface area contributed by atoms with Gasteiger partial charge in [-0.25, -0.2) is 8.42 Å². The SMILES string of the molecule is Cc1sc(NC(=O)C2CCN(S(=O)(=O)c3ccc(C(C)(C)C)cc3)CC2)c(C(N)=O)c1C. The molecule has 0 radical (unpaired) electrons. The number of carbonyl (C=O) groups is 2. The minimum absolute atomic E-state index is 0.0535. The van der Waals surface area contributed by atoms with Crippen LogP contribution in [0, 0.1) is 19.8 Å². The van der Waals surface area contributed by atoms with E-state index in [2.05, 4.69) is 26.1 Å². The number of piperidine rings is 1. The number of aryl methyl sites for hydroxylation is 1. The first-order valence-corrected chi connectivity index (χ1v) is 12.9. The number of nitrogens with two attached hydrogens (primary N) is 1. The molecule has 1 aliphatic heterocycles. The molecule has 0 saturated carbocycles. The van der Waals surface area contributed by atoms with E-state index in [4.69, 9.17) is 5.73 Å². The number of carbonyl (C=O) groups excluding carboxylic acids is 2. The fourth-order valence-corrected chi connectivity index (χ4v) is 6.40. The molecule has 7 nitrogen and oxygen atoms in total. The molecule has 1 aromatic carbocycles. The number of nitrogens with one attached hydrogen (secondary N) is 1. The van der Waals surface area contributed by atoms with E-state index >= 15 is 0 Å². The van der Waals surface area contributed by atoms with E-state index in [-0.39, 0.29) is 35.2 Å². The summed E-state index contributed by atoms with van der Waals surface area (Å²) in [6.07, 6.45) is 0.834. The fraction of sp³-hybridized carbons (Fsp3) is 0.478. The molecule has 0 spiro atoms. The van der Waals surface area contributed by atoms with Gasteiger partial charge in [-0.1, -0.05) is 32.9 Å². The Morgan fingerprint density at radius 1 is 1.09 bits per heavy atom. The zero-order valence-electron chi connectivity index (χ0n) is 19.2. The van der Waals surface area contributed by atoms with Gasteiger partial charge >= 0.3 is 0 Å². The number of hydrogen-bond donors (Lipinski definition) is 2. The van der Waals surface area contributed by atoms with Gasteiger partial charge in [0.05, 0.1) is 10.5 Å². The molecule has 1 saturated heterocycles. The Morgan fingerprint density at radius 3 is 2.16 bits per heavy atom. The minimum Gasteiger partial charge on any atom is -0.365 e. The topological polar surface area (TPSA) is 110 Å². The van der Waals surface area contributed by atoms with Gasteiger partial charge in [0.1, 0.15) is 5.00 Å². The van der Waals surface area contributed by atoms with Gasteiger partial charge in [0.25, 0.3) is 5.91 Å². The second-order valence-corrected chi connectivity index (χ2v) is 12.5. The molecule has 1 aromatic heterocycles. The first-order chi connectivity index (χ1) is 14.8. The Bertz CT molecular complexity index is 1120. The summed E-state index contributed by atoms with van der Waals surface area (Å²) in [7, 11) is -3.61. The van der Waals surface area contributed by atoms with Gasteiger partial charge in [-0.2, -0.15) is 4.31 Å². The number of amides is 2. The van der Waals surface area contributed by atoms with E-state index in [9.17, 15) is 18.0 Å². The predicted octanol–water partition coefficient (Wildman–Crippen LogP) is 3.80. The first-order valence-electron chi connectivity index (χ1n) is 10.6. The summed E-state index contributed by atoms with van der Waals surface area (Å²) in [6, 6.07) is 7.02. The van der Waals surface area contributed by atoms with Crippen molar-refractivity contribution in [2.75, 3.05) is 18.4 Å². The molecule has 0 bridgehead atoms. The number of nitrogens with zero attached hydrogens (tertiary/aromatic N) is 1. The van der Waals surface area contributed by atoms with Crippen LogP contribution in [0.25, 0.3) is 0 Å². The summed E-state index contributed by atoms with van der Waals surface area (Å²) in [4.78, 5) is 25.8. The van der Waals surface area contributed by atoms with Crippen LogP contribution in [0.5, 0.6) is 0 Å². The maximum atomic E-state index is 13.1. The van der Waals surface area contributed by atoms with Crippen LogP contribution in [0.4, 0.5) is 5.00 Å². The highest BCUT2D eigenvalue weighted by Gasteiger charge is 2.33. The van der Waals surface area contributed by atoms with Crippen molar-refractivity contribution in [2.45, 2.75) is 57.8 Å². The number of hydrogen-bond acceptors (Lipinski definition) is 5. The quantitative estimate of drug-likeness (QED) is 0.682. The average Bonchev–Trinajstić information content (AvgIpc) is 3.00. The molecule has 32 heavy (non-hydrogen) atoms. The Kier molecular flexibility index (Phi) is 6.83. The summed E-state index contributed by atoms with van der Waals surface area (Å²) in [5, 5.41) is 3.30. The van der Waals surface area contributed by atoms with Crippen molar-refractivity contribution in [3.8, 4) is 0 Å². The lowest BCUT2D eigenvalue weighted by Gasteiger charge is -2.30. The number of thiophene rings is 1. The Morgan fingerprint density at radius 2 is 1.66 bits per heavy atom. The zero-order chi connectivity index (χ0) is 23.8. The first kappa shape index (κ1) is 24.4. The lowest BCUT2D eigenvalue weighted by atomic mass is 9.87. The standard InChI is InChI=1S/C23H31N3O4S2/c1-14-15(2)31-22(19(14)20(24)27)25-21(28)16-10-12-26(13-11-16)32(29,30)18-8-6-17(7-9-18)23(3,4)5/h6-9,16H,10-13H2,1-5H3,(H2,24,27)(H,25,28). The van der Waals surface area contributed by atoms with Crippen molar-refractivity contribution in [3.05, 3.63) is 45.8 Å². The van der Waals surface area contributed by atoms with Gasteiger partial charge in [0, 0.05) is 23.9 Å². The van der Waals surface area contributed by atoms with Crippen LogP contribution in [0.3, 0.4) is 0 Å². The van der Waals surface area contributed by atoms with Crippen LogP contribution in [-0.2, 0) is 20.2 Å².